The Balaban J connectivity index is 1.79. The van der Waals surface area contributed by atoms with Crippen molar-refractivity contribution in [1.82, 2.24) is 15.3 Å². The van der Waals surface area contributed by atoms with Gasteiger partial charge in [0.1, 0.15) is 13.2 Å². The first-order chi connectivity index (χ1) is 14.1. The number of rotatable bonds is 4. The molecule has 0 fully saturated rings. The molecule has 0 amide bonds. The molecule has 0 bridgehead atoms. The van der Waals surface area contributed by atoms with E-state index < -0.39 is 11.6 Å². The second kappa shape index (κ2) is 8.20. The summed E-state index contributed by atoms with van der Waals surface area (Å²) in [6.45, 7) is 3.80. The highest BCUT2D eigenvalue weighted by molar-refractivity contribution is 5.79. The molecule has 0 spiro atoms. The molecule has 2 aliphatic heterocycles. The van der Waals surface area contributed by atoms with Crippen molar-refractivity contribution in [3.8, 4) is 11.5 Å². The number of anilines is 3. The molecule has 0 unspecified atom stereocenters. The molecule has 2 aromatic rings. The molecule has 29 heavy (non-hydrogen) atoms. The van der Waals surface area contributed by atoms with Gasteiger partial charge in [-0.25, -0.2) is 13.8 Å². The zero-order valence-electron chi connectivity index (χ0n) is 16.4. The highest BCUT2D eigenvalue weighted by Crippen LogP contribution is 2.44. The largest absolute Gasteiger partial charge is 0.486 e. The number of halogens is 2. The van der Waals surface area contributed by atoms with Crippen LogP contribution in [0.2, 0.25) is 0 Å². The molecule has 0 radical (unpaired) electrons. The Labute approximate surface area is 167 Å². The zero-order chi connectivity index (χ0) is 20.4. The van der Waals surface area contributed by atoms with Crippen LogP contribution in [0.4, 0.5) is 26.2 Å². The van der Waals surface area contributed by atoms with Crippen LogP contribution in [0.5, 0.6) is 11.5 Å². The summed E-state index contributed by atoms with van der Waals surface area (Å²) in [4.78, 5) is 8.17. The van der Waals surface area contributed by atoms with Crippen LogP contribution in [0.1, 0.15) is 24.1 Å². The van der Waals surface area contributed by atoms with E-state index in [0.717, 1.165) is 25.0 Å². The summed E-state index contributed by atoms with van der Waals surface area (Å²) < 4.78 is 41.1. The van der Waals surface area contributed by atoms with E-state index in [0.29, 0.717) is 36.8 Å². The summed E-state index contributed by atoms with van der Waals surface area (Å²) in [5, 5.41) is 8.83. The van der Waals surface area contributed by atoms with Crippen LogP contribution in [0, 0.1) is 18.6 Å². The minimum Gasteiger partial charge on any atom is -0.486 e. The number of benzene rings is 1. The lowest BCUT2D eigenvalue weighted by molar-refractivity contribution is 0.170. The fourth-order valence-corrected chi connectivity index (χ4v) is 3.47. The molecular weight excluding hydrogens is 380 g/mol. The number of hydrogen-bond acceptors (Lipinski definition) is 7. The van der Waals surface area contributed by atoms with Gasteiger partial charge in [0.25, 0.3) is 0 Å². The molecule has 3 N–H and O–H groups in total. The predicted molar refractivity (Wildman–Crippen MR) is 107 cm³/mol. The van der Waals surface area contributed by atoms with Gasteiger partial charge in [-0.1, -0.05) is 6.08 Å². The summed E-state index contributed by atoms with van der Waals surface area (Å²) in [5.74, 6) is -0.0148. The van der Waals surface area contributed by atoms with E-state index in [2.05, 4.69) is 25.9 Å². The molecule has 2 aliphatic rings. The van der Waals surface area contributed by atoms with Gasteiger partial charge < -0.3 is 25.4 Å². The van der Waals surface area contributed by atoms with Crippen LogP contribution >= 0.6 is 0 Å². The van der Waals surface area contributed by atoms with Crippen LogP contribution < -0.4 is 25.4 Å². The van der Waals surface area contributed by atoms with E-state index in [1.54, 1.807) is 7.05 Å². The molecule has 1 aromatic heterocycles. The maximum absolute atomic E-state index is 15.6. The number of fused-ring (bicyclic) bond motifs is 1. The number of allylic oxidation sites excluding steroid dienone is 1. The molecule has 7 nitrogen and oxygen atoms in total. The Morgan fingerprint density at radius 1 is 1.14 bits per heavy atom. The minimum absolute atomic E-state index is 0.0377. The van der Waals surface area contributed by atoms with E-state index in [1.807, 2.05) is 6.08 Å². The van der Waals surface area contributed by atoms with Crippen LogP contribution in [0.25, 0.3) is 5.57 Å². The van der Waals surface area contributed by atoms with Crippen molar-refractivity contribution in [2.24, 2.45) is 0 Å². The zero-order valence-corrected chi connectivity index (χ0v) is 16.4. The lowest BCUT2D eigenvalue weighted by atomic mass is 9.98. The van der Waals surface area contributed by atoms with Crippen molar-refractivity contribution in [2.75, 3.05) is 44.0 Å². The molecule has 9 heteroatoms. The molecule has 4 rings (SSSR count). The summed E-state index contributed by atoms with van der Waals surface area (Å²) in [5.41, 5.74) is 1.56. The van der Waals surface area contributed by atoms with Crippen molar-refractivity contribution in [3.63, 3.8) is 0 Å². The van der Waals surface area contributed by atoms with Crippen molar-refractivity contribution < 1.29 is 18.3 Å². The SMILES string of the molecule is CNc1nc(Nc2cc3c(c(C4=CCNCCC4)c2F)OCCO3)nc(C)c1F. The first-order valence-electron chi connectivity index (χ1n) is 9.59. The molecule has 0 atom stereocenters. The standard InChI is InChI=1S/C20H23F2N5O2/c1-11-16(21)19(23-2)27-20(25-11)26-13-10-14-18(29-9-8-28-14)15(17(13)22)12-4-3-6-24-7-5-12/h5,10,24H,3-4,6-9H2,1-2H3,(H2,23,25,26,27). The third kappa shape index (κ3) is 3.82. The third-order valence-electron chi connectivity index (χ3n) is 4.88. The number of nitrogens with one attached hydrogen (secondary N) is 3. The van der Waals surface area contributed by atoms with E-state index in [9.17, 15) is 4.39 Å². The Hall–Kier alpha value is -2.94. The second-order valence-corrected chi connectivity index (χ2v) is 6.84. The van der Waals surface area contributed by atoms with E-state index in [1.165, 1.54) is 13.0 Å². The molecule has 0 saturated carbocycles. The van der Waals surface area contributed by atoms with Gasteiger partial charge in [-0.3, -0.25) is 0 Å². The van der Waals surface area contributed by atoms with Gasteiger partial charge in [-0.2, -0.15) is 4.98 Å². The molecule has 3 heterocycles. The Morgan fingerprint density at radius 3 is 2.79 bits per heavy atom. The summed E-state index contributed by atoms with van der Waals surface area (Å²) >= 11 is 0. The Morgan fingerprint density at radius 2 is 1.97 bits per heavy atom. The van der Waals surface area contributed by atoms with E-state index >= 15 is 4.39 Å². The number of ether oxygens (including phenoxy) is 2. The topological polar surface area (TPSA) is 80.3 Å². The predicted octanol–water partition coefficient (Wildman–Crippen LogP) is 3.39. The van der Waals surface area contributed by atoms with Crippen LogP contribution in [-0.4, -0.2) is 43.3 Å². The first kappa shape index (κ1) is 19.4. The maximum Gasteiger partial charge on any atom is 0.229 e. The Bertz CT molecular complexity index is 965. The fraction of sp³-hybridized carbons (Fsp3) is 0.400. The van der Waals surface area contributed by atoms with Crippen molar-refractivity contribution in [3.05, 3.63) is 35.0 Å². The molecular formula is C20H23F2N5O2. The lowest BCUT2D eigenvalue weighted by Gasteiger charge is -2.24. The summed E-state index contributed by atoms with van der Waals surface area (Å²) in [6.07, 6.45) is 3.59. The summed E-state index contributed by atoms with van der Waals surface area (Å²) in [6, 6.07) is 1.53. The molecule has 1 aromatic carbocycles. The highest BCUT2D eigenvalue weighted by Gasteiger charge is 2.26. The van der Waals surface area contributed by atoms with Gasteiger partial charge in [0.15, 0.2) is 29.0 Å². The van der Waals surface area contributed by atoms with E-state index in [-0.39, 0.29) is 23.1 Å². The monoisotopic (exact) mass is 403 g/mol. The van der Waals surface area contributed by atoms with Gasteiger partial charge in [-0.15, -0.1) is 0 Å². The van der Waals surface area contributed by atoms with Gasteiger partial charge >= 0.3 is 0 Å². The normalized spacial score (nSPS) is 16.1. The van der Waals surface area contributed by atoms with Crippen LogP contribution in [0.3, 0.4) is 0 Å². The first-order valence-corrected chi connectivity index (χ1v) is 9.59. The maximum atomic E-state index is 15.6. The Kier molecular flexibility index (Phi) is 5.48. The molecule has 0 saturated heterocycles. The number of nitrogens with zero attached hydrogens (tertiary/aromatic N) is 2. The van der Waals surface area contributed by atoms with Crippen molar-refractivity contribution in [1.29, 1.82) is 0 Å². The number of hydrogen-bond donors (Lipinski definition) is 3. The van der Waals surface area contributed by atoms with Gasteiger partial charge in [0.05, 0.1) is 16.9 Å². The third-order valence-corrected chi connectivity index (χ3v) is 4.88. The smallest absolute Gasteiger partial charge is 0.229 e. The van der Waals surface area contributed by atoms with E-state index in [4.69, 9.17) is 9.47 Å². The molecule has 0 aliphatic carbocycles. The quantitative estimate of drug-likeness (QED) is 0.722. The van der Waals surface area contributed by atoms with Gasteiger partial charge in [0, 0.05) is 19.7 Å². The number of aromatic nitrogens is 2. The van der Waals surface area contributed by atoms with Gasteiger partial charge in [-0.05, 0) is 31.9 Å². The average molecular weight is 403 g/mol. The number of aryl methyl sites for hydroxylation is 1. The second-order valence-electron chi connectivity index (χ2n) is 6.84. The molecule has 154 valence electrons. The minimum atomic E-state index is -0.544. The fourth-order valence-electron chi connectivity index (χ4n) is 3.47. The highest BCUT2D eigenvalue weighted by atomic mass is 19.1. The van der Waals surface area contributed by atoms with Crippen LogP contribution in [0.15, 0.2) is 12.1 Å². The summed E-state index contributed by atoms with van der Waals surface area (Å²) in [7, 11) is 1.56. The van der Waals surface area contributed by atoms with Gasteiger partial charge in [0.2, 0.25) is 5.95 Å². The lowest BCUT2D eigenvalue weighted by Crippen LogP contribution is -2.18. The average Bonchev–Trinajstić information content (AvgIpc) is 3.00. The van der Waals surface area contributed by atoms with Crippen molar-refractivity contribution >= 4 is 23.0 Å². The van der Waals surface area contributed by atoms with Crippen molar-refractivity contribution in [2.45, 2.75) is 19.8 Å². The van der Waals surface area contributed by atoms with Crippen LogP contribution in [-0.2, 0) is 0 Å².